The van der Waals surface area contributed by atoms with Gasteiger partial charge in [-0.3, -0.25) is 0 Å². The van der Waals surface area contributed by atoms with Crippen molar-refractivity contribution >= 4 is 0 Å². The van der Waals surface area contributed by atoms with E-state index in [-0.39, 0.29) is 12.4 Å². The number of phenols is 1. The van der Waals surface area contributed by atoms with Gasteiger partial charge in [-0.15, -0.1) is 0 Å². The van der Waals surface area contributed by atoms with E-state index in [1.165, 1.54) is 11.1 Å². The average molecular weight is 228 g/mol. The molecule has 2 aromatic carbocycles. The van der Waals surface area contributed by atoms with Gasteiger partial charge in [-0.25, -0.2) is 0 Å². The summed E-state index contributed by atoms with van der Waals surface area (Å²) in [4.78, 5) is 0. The highest BCUT2D eigenvalue weighted by Crippen LogP contribution is 2.25. The van der Waals surface area contributed by atoms with Crippen molar-refractivity contribution in [3.63, 3.8) is 0 Å². The summed E-state index contributed by atoms with van der Waals surface area (Å²) in [5.41, 5.74) is 3.83. The van der Waals surface area contributed by atoms with Gasteiger partial charge in [-0.2, -0.15) is 0 Å². The van der Waals surface area contributed by atoms with Gasteiger partial charge in [0, 0.05) is 12.0 Å². The summed E-state index contributed by atoms with van der Waals surface area (Å²) in [6.07, 6.45) is 0.687. The minimum atomic E-state index is -0.132. The molecule has 0 unspecified atom stereocenters. The highest BCUT2D eigenvalue weighted by molar-refractivity contribution is 5.43. The monoisotopic (exact) mass is 228 g/mol. The molecule has 2 aromatic rings. The fourth-order valence-corrected chi connectivity index (χ4v) is 1.93. The zero-order valence-electron chi connectivity index (χ0n) is 9.85. The van der Waals surface area contributed by atoms with Crippen molar-refractivity contribution < 1.29 is 10.2 Å². The van der Waals surface area contributed by atoms with Crippen LogP contribution in [0.4, 0.5) is 0 Å². The van der Waals surface area contributed by atoms with Crippen LogP contribution in [0.25, 0.3) is 0 Å². The lowest BCUT2D eigenvalue weighted by atomic mass is 9.98. The Labute approximate surface area is 101 Å². The number of para-hydroxylation sites is 1. The number of hydrogen-bond donors (Lipinski definition) is 2. The Morgan fingerprint density at radius 3 is 2.24 bits per heavy atom. The average Bonchev–Trinajstić information content (AvgIpc) is 2.34. The van der Waals surface area contributed by atoms with E-state index >= 15 is 0 Å². The summed E-state index contributed by atoms with van der Waals surface area (Å²) in [6, 6.07) is 13.6. The molecule has 17 heavy (non-hydrogen) atoms. The summed E-state index contributed by atoms with van der Waals surface area (Å²) < 4.78 is 0. The Morgan fingerprint density at radius 1 is 0.882 bits per heavy atom. The van der Waals surface area contributed by atoms with Crippen LogP contribution in [0.2, 0.25) is 0 Å². The first-order valence-corrected chi connectivity index (χ1v) is 5.67. The van der Waals surface area contributed by atoms with Crippen LogP contribution in [0.3, 0.4) is 0 Å². The van der Waals surface area contributed by atoms with E-state index in [1.54, 1.807) is 6.07 Å². The topological polar surface area (TPSA) is 40.5 Å². The van der Waals surface area contributed by atoms with E-state index in [0.717, 1.165) is 5.56 Å². The smallest absolute Gasteiger partial charge is 0.124 e. The van der Waals surface area contributed by atoms with Crippen LogP contribution in [0.15, 0.2) is 42.5 Å². The van der Waals surface area contributed by atoms with Crippen LogP contribution in [0.5, 0.6) is 5.75 Å². The number of hydrogen-bond acceptors (Lipinski definition) is 2. The molecule has 0 saturated heterocycles. The van der Waals surface area contributed by atoms with E-state index < -0.39 is 0 Å². The second kappa shape index (κ2) is 5.02. The summed E-state index contributed by atoms with van der Waals surface area (Å²) in [7, 11) is 0. The second-order valence-electron chi connectivity index (χ2n) is 4.19. The van der Waals surface area contributed by atoms with Crippen molar-refractivity contribution in [1.29, 1.82) is 0 Å². The summed E-state index contributed by atoms with van der Waals surface area (Å²) in [5, 5.41) is 19.1. The van der Waals surface area contributed by atoms with Gasteiger partial charge in [0.1, 0.15) is 5.75 Å². The molecule has 0 saturated carbocycles. The normalized spacial score (nSPS) is 10.5. The number of aliphatic hydroxyl groups excluding tert-OH is 1. The largest absolute Gasteiger partial charge is 0.507 e. The first-order chi connectivity index (χ1) is 8.22. The lowest BCUT2D eigenvalue weighted by Gasteiger charge is -2.10. The summed E-state index contributed by atoms with van der Waals surface area (Å²) in [5.74, 6) is 0.207. The van der Waals surface area contributed by atoms with E-state index in [4.69, 9.17) is 5.11 Å². The first-order valence-electron chi connectivity index (χ1n) is 5.67. The van der Waals surface area contributed by atoms with Crippen LogP contribution < -0.4 is 0 Å². The Bertz CT molecular complexity index is 518. The molecule has 0 aliphatic carbocycles. The predicted molar refractivity (Wildman–Crippen MR) is 68.0 cm³/mol. The second-order valence-corrected chi connectivity index (χ2v) is 4.19. The highest BCUT2D eigenvalue weighted by atomic mass is 16.3. The zero-order valence-corrected chi connectivity index (χ0v) is 9.85. The molecule has 0 spiro atoms. The van der Waals surface area contributed by atoms with Crippen LogP contribution >= 0.6 is 0 Å². The fraction of sp³-hybridized carbons (Fsp3) is 0.200. The molecule has 2 rings (SSSR count). The molecule has 2 heteroatoms. The minimum absolute atomic E-state index is 0.132. The number of rotatable bonds is 3. The van der Waals surface area contributed by atoms with Crippen LogP contribution in [0, 0.1) is 6.92 Å². The fourth-order valence-electron chi connectivity index (χ4n) is 1.93. The van der Waals surface area contributed by atoms with Crippen molar-refractivity contribution in [2.24, 2.45) is 0 Å². The van der Waals surface area contributed by atoms with Crippen LogP contribution in [0.1, 0.15) is 22.3 Å². The lowest BCUT2D eigenvalue weighted by Crippen LogP contribution is -1.94. The van der Waals surface area contributed by atoms with E-state index in [1.807, 2.05) is 24.3 Å². The first kappa shape index (κ1) is 11.7. The molecule has 2 N–H and O–H groups in total. The molecular weight excluding hydrogens is 212 g/mol. The van der Waals surface area contributed by atoms with Gasteiger partial charge in [-0.05, 0) is 23.6 Å². The number of aliphatic hydroxyl groups is 1. The molecule has 88 valence electrons. The van der Waals surface area contributed by atoms with Gasteiger partial charge in [0.15, 0.2) is 0 Å². The number of aromatic hydroxyl groups is 1. The highest BCUT2D eigenvalue weighted by Gasteiger charge is 2.07. The number of benzene rings is 2. The van der Waals surface area contributed by atoms with E-state index in [2.05, 4.69) is 19.1 Å². The molecule has 0 heterocycles. The minimum Gasteiger partial charge on any atom is -0.507 e. The van der Waals surface area contributed by atoms with Crippen molar-refractivity contribution in [1.82, 2.24) is 0 Å². The van der Waals surface area contributed by atoms with Gasteiger partial charge in [0.05, 0.1) is 6.61 Å². The Kier molecular flexibility index (Phi) is 3.45. The van der Waals surface area contributed by atoms with Gasteiger partial charge in [0.25, 0.3) is 0 Å². The van der Waals surface area contributed by atoms with Crippen molar-refractivity contribution in [3.05, 3.63) is 64.7 Å². The maximum atomic E-state index is 9.98. The van der Waals surface area contributed by atoms with Gasteiger partial charge in [0.2, 0.25) is 0 Å². The zero-order chi connectivity index (χ0) is 12.3. The molecule has 0 fully saturated rings. The Hall–Kier alpha value is -1.80. The Morgan fingerprint density at radius 2 is 1.53 bits per heavy atom. The third-order valence-electron chi connectivity index (χ3n) is 3.02. The molecule has 2 nitrogen and oxygen atoms in total. The standard InChI is InChI=1S/C15H16O2/c1-11-5-2-3-6-12(11)9-13-7-4-8-14(10-16)15(13)17/h2-8,16-17H,9-10H2,1H3. The van der Waals surface area contributed by atoms with Gasteiger partial charge >= 0.3 is 0 Å². The molecule has 0 atom stereocenters. The molecule has 0 bridgehead atoms. The van der Waals surface area contributed by atoms with Crippen molar-refractivity contribution in [2.45, 2.75) is 20.0 Å². The van der Waals surface area contributed by atoms with Gasteiger partial charge < -0.3 is 10.2 Å². The summed E-state index contributed by atoms with van der Waals surface area (Å²) in [6.45, 7) is 1.93. The van der Waals surface area contributed by atoms with Crippen LogP contribution in [-0.2, 0) is 13.0 Å². The maximum Gasteiger partial charge on any atom is 0.124 e. The van der Waals surface area contributed by atoms with Gasteiger partial charge in [-0.1, -0.05) is 42.5 Å². The Balaban J connectivity index is 2.34. The summed E-state index contributed by atoms with van der Waals surface area (Å²) >= 11 is 0. The number of aryl methyl sites for hydroxylation is 1. The molecular formula is C15H16O2. The maximum absolute atomic E-state index is 9.98. The molecule has 0 aliphatic rings. The third kappa shape index (κ3) is 2.48. The van der Waals surface area contributed by atoms with E-state index in [0.29, 0.717) is 12.0 Å². The lowest BCUT2D eigenvalue weighted by molar-refractivity contribution is 0.275. The predicted octanol–water partition coefficient (Wildman–Crippen LogP) is 2.78. The molecule has 0 amide bonds. The molecule has 0 aromatic heterocycles. The SMILES string of the molecule is Cc1ccccc1Cc1cccc(CO)c1O. The van der Waals surface area contributed by atoms with E-state index in [9.17, 15) is 5.11 Å². The quantitative estimate of drug-likeness (QED) is 0.848. The van der Waals surface area contributed by atoms with Crippen LogP contribution in [-0.4, -0.2) is 10.2 Å². The third-order valence-corrected chi connectivity index (χ3v) is 3.02. The van der Waals surface area contributed by atoms with Crippen molar-refractivity contribution in [2.75, 3.05) is 0 Å². The molecule has 0 radical (unpaired) electrons. The van der Waals surface area contributed by atoms with Crippen molar-refractivity contribution in [3.8, 4) is 5.75 Å². The molecule has 0 aliphatic heterocycles.